The van der Waals surface area contributed by atoms with Gasteiger partial charge in [-0.3, -0.25) is 14.6 Å². The van der Waals surface area contributed by atoms with Crippen LogP contribution in [0.25, 0.3) is 33.2 Å². The summed E-state index contributed by atoms with van der Waals surface area (Å²) in [5, 5.41) is 42.8. The van der Waals surface area contributed by atoms with Crippen LogP contribution in [-0.4, -0.2) is 107 Å². The number of aromatic nitrogens is 4. The van der Waals surface area contributed by atoms with Crippen molar-refractivity contribution in [2.75, 3.05) is 39.4 Å². The van der Waals surface area contributed by atoms with E-state index in [9.17, 15) is 30.0 Å². The molecule has 57 heavy (non-hydrogen) atoms. The fourth-order valence-electron chi connectivity index (χ4n) is 9.26. The van der Waals surface area contributed by atoms with E-state index >= 15 is 0 Å². The Labute approximate surface area is 348 Å². The summed E-state index contributed by atoms with van der Waals surface area (Å²) in [5.41, 5.74) is 9.25. The summed E-state index contributed by atoms with van der Waals surface area (Å²) < 4.78 is 0.725. The molecule has 7 rings (SSSR count). The van der Waals surface area contributed by atoms with E-state index in [0.29, 0.717) is 53.7 Å². The average Bonchev–Trinajstić information content (AvgIpc) is 3.86. The minimum absolute atomic E-state index is 0.146. The van der Waals surface area contributed by atoms with Gasteiger partial charge in [-0.15, -0.1) is 0 Å². The van der Waals surface area contributed by atoms with E-state index in [2.05, 4.69) is 32.6 Å². The summed E-state index contributed by atoms with van der Waals surface area (Å²) >= 11 is 2.19. The van der Waals surface area contributed by atoms with Crippen molar-refractivity contribution >= 4 is 67.6 Å². The summed E-state index contributed by atoms with van der Waals surface area (Å²) in [6.07, 6.45) is 5.89. The average molecular weight is 893 g/mol. The van der Waals surface area contributed by atoms with E-state index in [0.717, 1.165) is 113 Å². The van der Waals surface area contributed by atoms with Crippen LogP contribution in [-0.2, 0) is 21.4 Å². The number of amides is 2. The molecule has 4 aliphatic rings. The van der Waals surface area contributed by atoms with E-state index in [1.54, 1.807) is 0 Å². The lowest BCUT2D eigenvalue weighted by Crippen LogP contribution is -2.35. The molecule has 13 heteroatoms. The number of aromatic amines is 2. The molecule has 7 heterocycles. The molecule has 0 radical (unpaired) electrons. The molecule has 0 aromatic carbocycles. The van der Waals surface area contributed by atoms with Crippen LogP contribution in [0.3, 0.4) is 0 Å². The zero-order chi connectivity index (χ0) is 40.6. The third-order valence-electron chi connectivity index (χ3n) is 12.7. The SMILES string of the molecule is CC1=C(CCC(=O)N2CCCCC2)c2cc3[nH]c(cc4nc(cc5[nH]c(cc1n2)c(I)c5C(O)CO)C(C)(C)C4C(O)CO)c(C)c3CCC(=O)N1CCCCC1. The summed E-state index contributed by atoms with van der Waals surface area (Å²) in [6.45, 7) is 10.3. The standard InChI is InChI=1S/C44H57IN6O6/c1-25-27(11-13-39(56)50-15-7-5-8-16-50)31-21-32-28(12-14-40(57)51-17-9-6-10-18-51)26(2)30(47-32)20-35-43(45)41(36(54)23-52)33(48-35)22-38-44(3,4)42(37(55)24-53)34(49-38)19-29(25)46-31/h19-22,36-37,42,46,48,52-55H,5-18,23-24H2,1-4H3. The quantitative estimate of drug-likeness (QED) is 0.128. The molecule has 0 aliphatic carbocycles. The highest BCUT2D eigenvalue weighted by atomic mass is 127. The molecule has 12 nitrogen and oxygen atoms in total. The summed E-state index contributed by atoms with van der Waals surface area (Å²) in [5.74, 6) is -0.276. The fraction of sp³-hybridized carbons (Fsp3) is 0.545. The largest absolute Gasteiger partial charge is 0.394 e. The number of carbonyl (C=O) groups excluding carboxylic acids is 2. The molecule has 6 N–H and O–H groups in total. The van der Waals surface area contributed by atoms with Gasteiger partial charge >= 0.3 is 0 Å². The van der Waals surface area contributed by atoms with Crippen LogP contribution >= 0.6 is 22.6 Å². The number of H-pyrrole nitrogens is 2. The monoisotopic (exact) mass is 892 g/mol. The Morgan fingerprint density at radius 1 is 0.789 bits per heavy atom. The van der Waals surface area contributed by atoms with Crippen LogP contribution in [0.15, 0.2) is 24.3 Å². The van der Waals surface area contributed by atoms with E-state index in [4.69, 9.17) is 9.97 Å². The van der Waals surface area contributed by atoms with E-state index in [1.807, 2.05) is 61.8 Å². The highest BCUT2D eigenvalue weighted by molar-refractivity contribution is 14.1. The van der Waals surface area contributed by atoms with Crippen LogP contribution in [0.5, 0.6) is 0 Å². The Bertz CT molecular complexity index is 2210. The molecule has 2 fully saturated rings. The summed E-state index contributed by atoms with van der Waals surface area (Å²) in [4.78, 5) is 48.4. The molecule has 3 aromatic rings. The van der Waals surface area contributed by atoms with Crippen LogP contribution in [0.4, 0.5) is 0 Å². The number of hydrogen-bond donors (Lipinski definition) is 6. The molecule has 2 saturated heterocycles. The third kappa shape index (κ3) is 8.32. The highest BCUT2D eigenvalue weighted by Gasteiger charge is 2.43. The molecular weight excluding hydrogens is 835 g/mol. The number of halogens is 1. The van der Waals surface area contributed by atoms with Gasteiger partial charge in [-0.1, -0.05) is 13.8 Å². The Kier molecular flexibility index (Phi) is 12.6. The molecule has 0 saturated carbocycles. The van der Waals surface area contributed by atoms with Gasteiger partial charge in [0.2, 0.25) is 11.8 Å². The van der Waals surface area contributed by atoms with Crippen LogP contribution < -0.4 is 0 Å². The Morgan fingerprint density at radius 2 is 1.39 bits per heavy atom. The number of nitrogens with zero attached hydrogens (tertiary/aromatic N) is 4. The number of rotatable bonds is 10. The molecule has 306 valence electrons. The summed E-state index contributed by atoms with van der Waals surface area (Å²) in [6, 6.07) is 7.80. The topological polar surface area (TPSA) is 179 Å². The third-order valence-corrected chi connectivity index (χ3v) is 13.8. The smallest absolute Gasteiger partial charge is 0.222 e. The Hall–Kier alpha value is -3.63. The van der Waals surface area contributed by atoms with Crippen molar-refractivity contribution in [1.82, 2.24) is 29.7 Å². The van der Waals surface area contributed by atoms with Crippen LogP contribution in [0, 0.1) is 10.5 Å². The zero-order valence-corrected chi connectivity index (χ0v) is 35.8. The molecule has 2 amide bonds. The van der Waals surface area contributed by atoms with Crippen molar-refractivity contribution < 1.29 is 30.0 Å². The second-order valence-corrected chi connectivity index (χ2v) is 17.8. The first-order chi connectivity index (χ1) is 27.3. The zero-order valence-electron chi connectivity index (χ0n) is 33.6. The second kappa shape index (κ2) is 17.3. The minimum atomic E-state index is -1.17. The number of nitrogens with one attached hydrogen (secondary N) is 2. The first kappa shape index (κ1) is 41.5. The van der Waals surface area contributed by atoms with Crippen molar-refractivity contribution in [1.29, 1.82) is 0 Å². The lowest BCUT2D eigenvalue weighted by atomic mass is 9.74. The number of likely N-dealkylation sites (tertiary alicyclic amines) is 2. The number of fused-ring (bicyclic) bond motifs is 8. The number of aliphatic hydroxyl groups excluding tert-OH is 4. The van der Waals surface area contributed by atoms with Crippen LogP contribution in [0.1, 0.15) is 130 Å². The van der Waals surface area contributed by atoms with E-state index in [1.165, 1.54) is 0 Å². The first-order valence-corrected chi connectivity index (χ1v) is 21.7. The lowest BCUT2D eigenvalue weighted by Gasteiger charge is -2.30. The maximum atomic E-state index is 13.5. The molecule has 3 aromatic heterocycles. The van der Waals surface area contributed by atoms with Crippen molar-refractivity contribution in [2.45, 2.75) is 115 Å². The number of carbonyl (C=O) groups is 2. The normalized spacial score (nSPS) is 19.6. The van der Waals surface area contributed by atoms with Gasteiger partial charge in [0.05, 0.1) is 36.2 Å². The van der Waals surface area contributed by atoms with Gasteiger partial charge in [-0.25, -0.2) is 4.98 Å². The van der Waals surface area contributed by atoms with Crippen molar-refractivity contribution in [3.63, 3.8) is 0 Å². The molecule has 4 aliphatic heterocycles. The molecule has 8 bridgehead atoms. The van der Waals surface area contributed by atoms with Crippen molar-refractivity contribution in [3.8, 4) is 0 Å². The number of allylic oxidation sites excluding steroid dienone is 2. The Morgan fingerprint density at radius 3 is 2.00 bits per heavy atom. The van der Waals surface area contributed by atoms with E-state index in [-0.39, 0.29) is 11.8 Å². The van der Waals surface area contributed by atoms with Gasteiger partial charge in [-0.05, 0) is 134 Å². The predicted octanol–water partition coefficient (Wildman–Crippen LogP) is 6.34. The van der Waals surface area contributed by atoms with Gasteiger partial charge in [0.25, 0.3) is 0 Å². The van der Waals surface area contributed by atoms with E-state index < -0.39 is 36.8 Å². The van der Waals surface area contributed by atoms with Crippen molar-refractivity contribution in [3.05, 3.63) is 67.3 Å². The lowest BCUT2D eigenvalue weighted by molar-refractivity contribution is -0.132. The van der Waals surface area contributed by atoms with Gasteiger partial charge in [0.1, 0.15) is 6.10 Å². The minimum Gasteiger partial charge on any atom is -0.394 e. The molecule has 3 atom stereocenters. The van der Waals surface area contributed by atoms with Gasteiger partial charge in [-0.2, -0.15) is 0 Å². The maximum Gasteiger partial charge on any atom is 0.222 e. The number of aryl methyl sites for hydroxylation is 2. The molecule has 0 spiro atoms. The second-order valence-electron chi connectivity index (χ2n) is 16.8. The number of aliphatic hydroxyl groups is 4. The van der Waals surface area contributed by atoms with Crippen LogP contribution in [0.2, 0.25) is 0 Å². The highest BCUT2D eigenvalue weighted by Crippen LogP contribution is 2.45. The number of piperidine rings is 2. The molecular formula is C44H57IN6O6. The van der Waals surface area contributed by atoms with Gasteiger partial charge in [0.15, 0.2) is 0 Å². The Balaban J connectivity index is 1.46. The van der Waals surface area contributed by atoms with Gasteiger partial charge in [0, 0.05) is 87.4 Å². The summed E-state index contributed by atoms with van der Waals surface area (Å²) in [7, 11) is 0. The van der Waals surface area contributed by atoms with Crippen molar-refractivity contribution in [2.24, 2.45) is 0 Å². The fourth-order valence-corrected chi connectivity index (χ4v) is 10.2. The molecule has 3 unspecified atom stereocenters. The first-order valence-electron chi connectivity index (χ1n) is 20.6. The number of hydrogen-bond acceptors (Lipinski definition) is 8. The predicted molar refractivity (Wildman–Crippen MR) is 230 cm³/mol. The van der Waals surface area contributed by atoms with Gasteiger partial charge < -0.3 is 40.2 Å². The maximum absolute atomic E-state index is 13.5.